The summed E-state index contributed by atoms with van der Waals surface area (Å²) in [4.78, 5) is 0. The Kier molecular flexibility index (Phi) is 4.23. The van der Waals surface area contributed by atoms with Gasteiger partial charge in [-0.15, -0.1) is 0 Å². The molecule has 0 aromatic heterocycles. The Labute approximate surface area is 111 Å². The van der Waals surface area contributed by atoms with Gasteiger partial charge in [-0.25, -0.2) is 0 Å². The molecule has 1 heteroatoms. The van der Waals surface area contributed by atoms with Gasteiger partial charge in [0, 0.05) is 0 Å². The van der Waals surface area contributed by atoms with E-state index in [1.807, 2.05) is 0 Å². The lowest BCUT2D eigenvalue weighted by atomic mass is 9.83. The van der Waals surface area contributed by atoms with Gasteiger partial charge in [0.1, 0.15) is 0 Å². The van der Waals surface area contributed by atoms with Gasteiger partial charge in [0.25, 0.3) is 0 Å². The molecule has 0 atom stereocenters. The molecular formula is C17H24O. The molecule has 0 N–H and O–H groups in total. The molecule has 98 valence electrons. The summed E-state index contributed by atoms with van der Waals surface area (Å²) in [7, 11) is 0. The Balaban J connectivity index is 2.60. The van der Waals surface area contributed by atoms with Crippen LogP contribution in [0.2, 0.25) is 0 Å². The monoisotopic (exact) mass is 244 g/mol. The maximum atomic E-state index is 5.72. The number of allylic oxidation sites excluding steroid dienone is 1. The molecule has 1 aromatic carbocycles. The van der Waals surface area contributed by atoms with E-state index in [1.165, 1.54) is 22.3 Å². The van der Waals surface area contributed by atoms with Gasteiger partial charge >= 0.3 is 0 Å². The molecule has 0 amide bonds. The van der Waals surface area contributed by atoms with Crippen LogP contribution in [0.5, 0.6) is 0 Å². The Morgan fingerprint density at radius 2 is 1.83 bits per heavy atom. The van der Waals surface area contributed by atoms with Crippen LogP contribution in [0.1, 0.15) is 56.7 Å². The van der Waals surface area contributed by atoms with E-state index in [1.54, 1.807) is 0 Å². The fourth-order valence-corrected chi connectivity index (χ4v) is 2.68. The Morgan fingerprint density at radius 3 is 2.50 bits per heavy atom. The van der Waals surface area contributed by atoms with Gasteiger partial charge in [0.15, 0.2) is 0 Å². The minimum Gasteiger partial charge on any atom is -0.376 e. The van der Waals surface area contributed by atoms with Crippen molar-refractivity contribution in [1.82, 2.24) is 0 Å². The molecule has 0 unspecified atom stereocenters. The molecule has 2 rings (SSSR count). The topological polar surface area (TPSA) is 9.23 Å². The van der Waals surface area contributed by atoms with Crippen molar-refractivity contribution in [2.75, 3.05) is 6.61 Å². The standard InChI is InChI=1S/C17H24O/c1-12(2)15-8-5-7-14-11-18-10-6-9-16(13(3)4)17(14)15/h5,7-9,12-13H,6,10-11H2,1-4H3/b16-9-. The predicted molar refractivity (Wildman–Crippen MR) is 77.6 cm³/mol. The highest BCUT2D eigenvalue weighted by atomic mass is 16.5. The quantitative estimate of drug-likeness (QED) is 0.728. The first kappa shape index (κ1) is 13.4. The van der Waals surface area contributed by atoms with E-state index in [9.17, 15) is 0 Å². The lowest BCUT2D eigenvalue weighted by Crippen LogP contribution is -2.09. The number of benzene rings is 1. The lowest BCUT2D eigenvalue weighted by Gasteiger charge is -2.24. The molecule has 0 bridgehead atoms. The van der Waals surface area contributed by atoms with E-state index in [0.29, 0.717) is 11.8 Å². The minimum atomic E-state index is 0.557. The molecule has 1 nitrogen and oxygen atoms in total. The first-order valence-electron chi connectivity index (χ1n) is 7.01. The average Bonchev–Trinajstić information content (AvgIpc) is 2.28. The summed E-state index contributed by atoms with van der Waals surface area (Å²) < 4.78 is 5.72. The average molecular weight is 244 g/mol. The molecule has 1 aliphatic rings. The van der Waals surface area contributed by atoms with E-state index in [4.69, 9.17) is 4.74 Å². The number of ether oxygens (including phenoxy) is 1. The fourth-order valence-electron chi connectivity index (χ4n) is 2.68. The predicted octanol–water partition coefficient (Wildman–Crippen LogP) is 4.77. The first-order chi connectivity index (χ1) is 8.61. The van der Waals surface area contributed by atoms with E-state index in [0.717, 1.165) is 19.6 Å². The second-order valence-electron chi connectivity index (χ2n) is 5.69. The minimum absolute atomic E-state index is 0.557. The zero-order chi connectivity index (χ0) is 13.1. The number of hydrogen-bond acceptors (Lipinski definition) is 1. The Hall–Kier alpha value is -1.08. The first-order valence-corrected chi connectivity index (χ1v) is 7.01. The highest BCUT2D eigenvalue weighted by Crippen LogP contribution is 2.34. The SMILES string of the molecule is CC(C)/C1=C/CCOCc2cccc(C(C)C)c21. The van der Waals surface area contributed by atoms with Gasteiger partial charge in [-0.2, -0.15) is 0 Å². The molecule has 1 aliphatic heterocycles. The summed E-state index contributed by atoms with van der Waals surface area (Å²) in [5.74, 6) is 1.13. The molecule has 0 aliphatic carbocycles. The molecule has 0 saturated heterocycles. The largest absolute Gasteiger partial charge is 0.376 e. The van der Waals surface area contributed by atoms with Gasteiger partial charge in [-0.1, -0.05) is 52.0 Å². The van der Waals surface area contributed by atoms with Crippen LogP contribution in [0.4, 0.5) is 0 Å². The van der Waals surface area contributed by atoms with Gasteiger partial charge in [-0.05, 0) is 40.5 Å². The van der Waals surface area contributed by atoms with Crippen molar-refractivity contribution in [1.29, 1.82) is 0 Å². The smallest absolute Gasteiger partial charge is 0.0723 e. The summed E-state index contributed by atoms with van der Waals surface area (Å²) >= 11 is 0. The third-order valence-electron chi connectivity index (χ3n) is 3.60. The van der Waals surface area contributed by atoms with Crippen LogP contribution in [0.25, 0.3) is 5.57 Å². The number of fused-ring (bicyclic) bond motifs is 1. The summed E-state index contributed by atoms with van der Waals surface area (Å²) in [6.07, 6.45) is 3.40. The van der Waals surface area contributed by atoms with Crippen molar-refractivity contribution in [2.24, 2.45) is 5.92 Å². The zero-order valence-corrected chi connectivity index (χ0v) is 12.0. The summed E-state index contributed by atoms with van der Waals surface area (Å²) in [5, 5.41) is 0. The molecule has 1 heterocycles. The van der Waals surface area contributed by atoms with Crippen molar-refractivity contribution in [3.63, 3.8) is 0 Å². The highest BCUT2D eigenvalue weighted by Gasteiger charge is 2.18. The second-order valence-corrected chi connectivity index (χ2v) is 5.69. The van der Waals surface area contributed by atoms with Crippen LogP contribution in [0.3, 0.4) is 0 Å². The third kappa shape index (κ3) is 2.67. The molecule has 0 radical (unpaired) electrons. The van der Waals surface area contributed by atoms with Crippen molar-refractivity contribution in [3.05, 3.63) is 41.0 Å². The van der Waals surface area contributed by atoms with E-state index >= 15 is 0 Å². The highest BCUT2D eigenvalue weighted by molar-refractivity contribution is 5.73. The van der Waals surface area contributed by atoms with Gasteiger partial charge in [0.05, 0.1) is 13.2 Å². The summed E-state index contributed by atoms with van der Waals surface area (Å²) in [5.41, 5.74) is 5.75. The lowest BCUT2D eigenvalue weighted by molar-refractivity contribution is 0.124. The fraction of sp³-hybridized carbons (Fsp3) is 0.529. The molecule has 0 fully saturated rings. The van der Waals surface area contributed by atoms with Crippen molar-refractivity contribution in [3.8, 4) is 0 Å². The Morgan fingerprint density at radius 1 is 1.06 bits per heavy atom. The zero-order valence-electron chi connectivity index (χ0n) is 12.0. The van der Waals surface area contributed by atoms with Crippen LogP contribution in [0.15, 0.2) is 24.3 Å². The molecular weight excluding hydrogens is 220 g/mol. The maximum Gasteiger partial charge on any atom is 0.0723 e. The van der Waals surface area contributed by atoms with Crippen LogP contribution in [0, 0.1) is 5.92 Å². The molecule has 18 heavy (non-hydrogen) atoms. The number of rotatable bonds is 2. The second kappa shape index (κ2) is 5.71. The summed E-state index contributed by atoms with van der Waals surface area (Å²) in [6, 6.07) is 6.64. The van der Waals surface area contributed by atoms with E-state index in [-0.39, 0.29) is 0 Å². The van der Waals surface area contributed by atoms with Crippen molar-refractivity contribution in [2.45, 2.75) is 46.6 Å². The summed E-state index contributed by atoms with van der Waals surface area (Å²) in [6.45, 7) is 10.7. The Bertz CT molecular complexity index is 441. The van der Waals surface area contributed by atoms with Crippen LogP contribution in [-0.4, -0.2) is 6.61 Å². The van der Waals surface area contributed by atoms with E-state index < -0.39 is 0 Å². The molecule has 0 spiro atoms. The van der Waals surface area contributed by atoms with Gasteiger partial charge in [-0.3, -0.25) is 0 Å². The molecule has 0 saturated carbocycles. The van der Waals surface area contributed by atoms with E-state index in [2.05, 4.69) is 52.0 Å². The number of hydrogen-bond donors (Lipinski definition) is 0. The van der Waals surface area contributed by atoms with Crippen LogP contribution < -0.4 is 0 Å². The normalized spacial score (nSPS) is 19.1. The maximum absolute atomic E-state index is 5.72. The van der Waals surface area contributed by atoms with Crippen LogP contribution in [-0.2, 0) is 11.3 Å². The van der Waals surface area contributed by atoms with Gasteiger partial charge in [0.2, 0.25) is 0 Å². The van der Waals surface area contributed by atoms with Crippen LogP contribution >= 0.6 is 0 Å². The van der Waals surface area contributed by atoms with Gasteiger partial charge < -0.3 is 4.74 Å². The van der Waals surface area contributed by atoms with Crippen molar-refractivity contribution < 1.29 is 4.74 Å². The molecule has 1 aromatic rings. The third-order valence-corrected chi connectivity index (χ3v) is 3.60. The van der Waals surface area contributed by atoms with Crippen molar-refractivity contribution >= 4 is 5.57 Å².